The van der Waals surface area contributed by atoms with Crippen LogP contribution in [0.5, 0.6) is 0 Å². The number of nitrogens with zero attached hydrogens (tertiary/aromatic N) is 2. The average Bonchev–Trinajstić information content (AvgIpc) is 2.63. The second-order valence-corrected chi connectivity index (χ2v) is 3.78. The molecule has 0 spiro atoms. The molecule has 0 saturated heterocycles. The van der Waals surface area contributed by atoms with Gasteiger partial charge in [0.2, 0.25) is 0 Å². The molecule has 0 atom stereocenters. The highest BCUT2D eigenvalue weighted by molar-refractivity contribution is 5.48. The lowest BCUT2D eigenvalue weighted by Crippen LogP contribution is -2.14. The molecule has 1 heterocycles. The molecule has 0 saturated carbocycles. The van der Waals surface area contributed by atoms with Crippen molar-refractivity contribution in [2.45, 2.75) is 33.7 Å². The Kier molecular flexibility index (Phi) is 5.12. The van der Waals surface area contributed by atoms with Gasteiger partial charge in [-0.25, -0.2) is 4.98 Å². The molecule has 1 N–H and O–H groups in total. The molecule has 0 unspecified atom stereocenters. The van der Waals surface area contributed by atoms with E-state index in [0.29, 0.717) is 0 Å². The van der Waals surface area contributed by atoms with Crippen LogP contribution in [0, 0.1) is 0 Å². The Morgan fingerprint density at radius 3 is 3.00 bits per heavy atom. The smallest absolute Gasteiger partial charge is 0.0950 e. The Morgan fingerprint density at radius 1 is 1.53 bits per heavy atom. The lowest BCUT2D eigenvalue weighted by molar-refractivity contribution is 0.673. The summed E-state index contributed by atoms with van der Waals surface area (Å²) in [4.78, 5) is 4.17. The molecule has 84 valence electrons. The van der Waals surface area contributed by atoms with E-state index in [9.17, 15) is 0 Å². The molecule has 3 nitrogen and oxygen atoms in total. The van der Waals surface area contributed by atoms with Gasteiger partial charge in [-0.05, 0) is 26.0 Å². The van der Waals surface area contributed by atoms with Crippen molar-refractivity contribution in [1.82, 2.24) is 14.9 Å². The van der Waals surface area contributed by atoms with Crippen LogP contribution >= 0.6 is 0 Å². The molecule has 0 aliphatic rings. The van der Waals surface area contributed by atoms with Gasteiger partial charge in [0, 0.05) is 13.1 Å². The maximum Gasteiger partial charge on any atom is 0.0950 e. The summed E-state index contributed by atoms with van der Waals surface area (Å²) < 4.78 is 2.19. The molecule has 0 aliphatic heterocycles. The first kappa shape index (κ1) is 12.0. The zero-order chi connectivity index (χ0) is 11.1. The summed E-state index contributed by atoms with van der Waals surface area (Å²) in [6.07, 6.45) is 7.16. The van der Waals surface area contributed by atoms with E-state index in [4.69, 9.17) is 0 Å². The van der Waals surface area contributed by atoms with E-state index in [1.165, 1.54) is 11.3 Å². The molecule has 1 rings (SSSR count). The highest BCUT2D eigenvalue weighted by Gasteiger charge is 1.98. The van der Waals surface area contributed by atoms with Crippen molar-refractivity contribution < 1.29 is 0 Å². The minimum Gasteiger partial charge on any atom is -0.331 e. The van der Waals surface area contributed by atoms with E-state index < -0.39 is 0 Å². The number of nitrogens with one attached hydrogen (secondary N) is 1. The average molecular weight is 207 g/mol. The normalized spacial score (nSPS) is 12.1. The first-order chi connectivity index (χ1) is 7.27. The van der Waals surface area contributed by atoms with Crippen molar-refractivity contribution >= 4 is 6.08 Å². The quantitative estimate of drug-likeness (QED) is 0.775. The standard InChI is InChI=1S/C12H21N3/c1-4-6-15-10-14-9-12(15)7-11(3)8-13-5-2/h7,9-10,13H,4-6,8H2,1-3H3. The molecule has 0 aliphatic carbocycles. The molecular formula is C12H21N3. The van der Waals surface area contributed by atoms with Crippen LogP contribution in [0.4, 0.5) is 0 Å². The Morgan fingerprint density at radius 2 is 2.33 bits per heavy atom. The van der Waals surface area contributed by atoms with E-state index in [1.807, 2.05) is 12.5 Å². The van der Waals surface area contributed by atoms with Crippen LogP contribution in [-0.2, 0) is 6.54 Å². The van der Waals surface area contributed by atoms with Crippen molar-refractivity contribution in [3.63, 3.8) is 0 Å². The second-order valence-electron chi connectivity index (χ2n) is 3.78. The Hall–Kier alpha value is -1.09. The van der Waals surface area contributed by atoms with Gasteiger partial charge in [-0.15, -0.1) is 0 Å². The van der Waals surface area contributed by atoms with Crippen molar-refractivity contribution in [3.8, 4) is 0 Å². The van der Waals surface area contributed by atoms with Gasteiger partial charge in [-0.2, -0.15) is 0 Å². The fraction of sp³-hybridized carbons (Fsp3) is 0.583. The number of rotatable bonds is 6. The van der Waals surface area contributed by atoms with E-state index in [0.717, 1.165) is 26.1 Å². The van der Waals surface area contributed by atoms with Crippen LogP contribution in [0.3, 0.4) is 0 Å². The van der Waals surface area contributed by atoms with Gasteiger partial charge in [0.15, 0.2) is 0 Å². The van der Waals surface area contributed by atoms with Crippen molar-refractivity contribution in [2.24, 2.45) is 0 Å². The first-order valence-electron chi connectivity index (χ1n) is 5.66. The topological polar surface area (TPSA) is 29.9 Å². The van der Waals surface area contributed by atoms with Crippen LogP contribution in [0.2, 0.25) is 0 Å². The maximum atomic E-state index is 4.17. The highest BCUT2D eigenvalue weighted by atomic mass is 15.0. The summed E-state index contributed by atoms with van der Waals surface area (Å²) in [7, 11) is 0. The number of likely N-dealkylation sites (N-methyl/N-ethyl adjacent to an activating group) is 1. The number of aryl methyl sites for hydroxylation is 1. The summed E-state index contributed by atoms with van der Waals surface area (Å²) in [6, 6.07) is 0. The number of aromatic nitrogens is 2. The van der Waals surface area contributed by atoms with Gasteiger partial charge in [0.1, 0.15) is 0 Å². The van der Waals surface area contributed by atoms with Gasteiger partial charge in [0.05, 0.1) is 18.2 Å². The van der Waals surface area contributed by atoms with Gasteiger partial charge in [-0.1, -0.05) is 19.4 Å². The van der Waals surface area contributed by atoms with Gasteiger partial charge >= 0.3 is 0 Å². The Bertz CT molecular complexity index is 312. The minimum absolute atomic E-state index is 0.952. The Labute approximate surface area is 92.2 Å². The zero-order valence-corrected chi connectivity index (χ0v) is 9.95. The molecule has 1 aromatic rings. The van der Waals surface area contributed by atoms with Crippen LogP contribution in [0.25, 0.3) is 6.08 Å². The van der Waals surface area contributed by atoms with Gasteiger partial charge < -0.3 is 9.88 Å². The summed E-state index contributed by atoms with van der Waals surface area (Å²) in [5, 5.41) is 3.31. The Balaban J connectivity index is 2.65. The molecule has 3 heteroatoms. The third kappa shape index (κ3) is 3.88. The first-order valence-corrected chi connectivity index (χ1v) is 5.66. The molecule has 0 bridgehead atoms. The third-order valence-electron chi connectivity index (χ3n) is 2.26. The van der Waals surface area contributed by atoms with Crippen LogP contribution in [-0.4, -0.2) is 22.6 Å². The summed E-state index contributed by atoms with van der Waals surface area (Å²) in [5.74, 6) is 0. The summed E-state index contributed by atoms with van der Waals surface area (Å²) in [5.41, 5.74) is 2.54. The molecule has 0 fully saturated rings. The lowest BCUT2D eigenvalue weighted by atomic mass is 10.2. The van der Waals surface area contributed by atoms with Gasteiger partial charge in [0.25, 0.3) is 0 Å². The van der Waals surface area contributed by atoms with Crippen molar-refractivity contribution in [1.29, 1.82) is 0 Å². The number of imidazole rings is 1. The van der Waals surface area contributed by atoms with Crippen molar-refractivity contribution in [3.05, 3.63) is 23.8 Å². The second kappa shape index (κ2) is 6.40. The van der Waals surface area contributed by atoms with Crippen LogP contribution < -0.4 is 5.32 Å². The SMILES string of the molecule is CCCn1cncc1C=C(C)CNCC. The van der Waals surface area contributed by atoms with E-state index in [2.05, 4.69) is 41.7 Å². The zero-order valence-electron chi connectivity index (χ0n) is 9.95. The fourth-order valence-corrected chi connectivity index (χ4v) is 1.50. The van der Waals surface area contributed by atoms with E-state index >= 15 is 0 Å². The van der Waals surface area contributed by atoms with Crippen LogP contribution in [0.15, 0.2) is 18.1 Å². The van der Waals surface area contributed by atoms with E-state index in [-0.39, 0.29) is 0 Å². The fourth-order valence-electron chi connectivity index (χ4n) is 1.50. The van der Waals surface area contributed by atoms with Crippen molar-refractivity contribution in [2.75, 3.05) is 13.1 Å². The monoisotopic (exact) mass is 207 g/mol. The largest absolute Gasteiger partial charge is 0.331 e. The summed E-state index contributed by atoms with van der Waals surface area (Å²) in [6.45, 7) is 9.45. The molecule has 0 radical (unpaired) electrons. The number of hydrogen-bond donors (Lipinski definition) is 1. The third-order valence-corrected chi connectivity index (χ3v) is 2.26. The highest BCUT2D eigenvalue weighted by Crippen LogP contribution is 2.06. The maximum absolute atomic E-state index is 4.17. The predicted octanol–water partition coefficient (Wildman–Crippen LogP) is 2.31. The molecular weight excluding hydrogens is 186 g/mol. The molecule has 0 amide bonds. The molecule has 15 heavy (non-hydrogen) atoms. The summed E-state index contributed by atoms with van der Waals surface area (Å²) >= 11 is 0. The minimum atomic E-state index is 0.952. The predicted molar refractivity (Wildman–Crippen MR) is 64.7 cm³/mol. The van der Waals surface area contributed by atoms with Crippen LogP contribution in [0.1, 0.15) is 32.9 Å². The molecule has 1 aromatic heterocycles. The molecule has 0 aromatic carbocycles. The van der Waals surface area contributed by atoms with E-state index in [1.54, 1.807) is 0 Å². The number of hydrogen-bond acceptors (Lipinski definition) is 2. The van der Waals surface area contributed by atoms with Gasteiger partial charge in [-0.3, -0.25) is 0 Å². The lowest BCUT2D eigenvalue weighted by Gasteiger charge is -2.05.